The van der Waals surface area contributed by atoms with Gasteiger partial charge >= 0.3 is 0 Å². The number of benzene rings is 1. The monoisotopic (exact) mass is 266 g/mol. The van der Waals surface area contributed by atoms with E-state index < -0.39 is 0 Å². The van der Waals surface area contributed by atoms with Crippen molar-refractivity contribution in [1.29, 1.82) is 0 Å². The molecule has 0 aliphatic heterocycles. The Morgan fingerprint density at radius 2 is 2.00 bits per heavy atom. The predicted octanol–water partition coefficient (Wildman–Crippen LogP) is 2.65. The second kappa shape index (κ2) is 5.72. The Kier molecular flexibility index (Phi) is 4.25. The smallest absolute Gasteiger partial charge is 0.251 e. The molecule has 0 radical (unpaired) electrons. The zero-order chi connectivity index (χ0) is 13.1. The highest BCUT2D eigenvalue weighted by Crippen LogP contribution is 2.19. The van der Waals surface area contributed by atoms with Gasteiger partial charge in [0.25, 0.3) is 5.91 Å². The van der Waals surface area contributed by atoms with Gasteiger partial charge in [0.2, 0.25) is 0 Å². The van der Waals surface area contributed by atoms with Crippen LogP contribution in [-0.2, 0) is 0 Å². The van der Waals surface area contributed by atoms with Gasteiger partial charge in [-0.3, -0.25) is 4.79 Å². The number of carbonyl (C=O) groups is 1. The first-order valence-electron chi connectivity index (χ1n) is 6.39. The summed E-state index contributed by atoms with van der Waals surface area (Å²) in [5.74, 6) is -0.0183. The molecule has 0 atom stereocenters. The Hall–Kier alpha value is -1.06. The molecule has 2 rings (SSSR count). The van der Waals surface area contributed by atoms with E-state index in [2.05, 4.69) is 5.32 Å². The maximum absolute atomic E-state index is 12.1. The van der Waals surface area contributed by atoms with Crippen molar-refractivity contribution in [3.63, 3.8) is 0 Å². The molecule has 98 valence electrons. The van der Waals surface area contributed by atoms with Crippen molar-refractivity contribution in [2.75, 3.05) is 0 Å². The highest BCUT2D eigenvalue weighted by Gasteiger charge is 2.20. The summed E-state index contributed by atoms with van der Waals surface area (Å²) in [5, 5.41) is 3.75. The number of halogens is 1. The van der Waals surface area contributed by atoms with Gasteiger partial charge < -0.3 is 11.1 Å². The zero-order valence-electron chi connectivity index (χ0n) is 10.6. The van der Waals surface area contributed by atoms with E-state index in [4.69, 9.17) is 17.3 Å². The van der Waals surface area contributed by atoms with Crippen molar-refractivity contribution in [3.8, 4) is 0 Å². The third-order valence-electron chi connectivity index (χ3n) is 3.53. The van der Waals surface area contributed by atoms with Crippen LogP contribution in [0.5, 0.6) is 0 Å². The summed E-state index contributed by atoms with van der Waals surface area (Å²) in [6.07, 6.45) is 3.92. The van der Waals surface area contributed by atoms with Crippen molar-refractivity contribution in [2.24, 2.45) is 5.73 Å². The van der Waals surface area contributed by atoms with Gasteiger partial charge in [-0.2, -0.15) is 0 Å². The number of aryl methyl sites for hydroxylation is 1. The van der Waals surface area contributed by atoms with Crippen LogP contribution in [0.3, 0.4) is 0 Å². The van der Waals surface area contributed by atoms with Crippen LogP contribution in [0.2, 0.25) is 5.02 Å². The summed E-state index contributed by atoms with van der Waals surface area (Å²) in [6, 6.07) is 5.91. The van der Waals surface area contributed by atoms with Crippen molar-refractivity contribution >= 4 is 17.5 Å². The fraction of sp³-hybridized carbons (Fsp3) is 0.500. The third kappa shape index (κ3) is 3.24. The van der Waals surface area contributed by atoms with Gasteiger partial charge in [0.05, 0.1) is 0 Å². The van der Waals surface area contributed by atoms with Crippen LogP contribution in [0.1, 0.15) is 41.6 Å². The molecule has 0 aromatic heterocycles. The number of hydrogen-bond donors (Lipinski definition) is 2. The molecule has 1 saturated carbocycles. The van der Waals surface area contributed by atoms with E-state index in [0.717, 1.165) is 31.2 Å². The molecular weight excluding hydrogens is 248 g/mol. The van der Waals surface area contributed by atoms with Gasteiger partial charge in [-0.1, -0.05) is 11.6 Å². The van der Waals surface area contributed by atoms with Crippen LogP contribution in [0.4, 0.5) is 0 Å². The van der Waals surface area contributed by atoms with Gasteiger partial charge in [-0.05, 0) is 56.4 Å². The number of nitrogens with one attached hydrogen (secondary N) is 1. The predicted molar refractivity (Wildman–Crippen MR) is 73.9 cm³/mol. The number of carbonyl (C=O) groups excluding carboxylic acids is 1. The molecule has 3 N–H and O–H groups in total. The maximum atomic E-state index is 12.1. The molecule has 0 bridgehead atoms. The molecule has 0 spiro atoms. The van der Waals surface area contributed by atoms with Gasteiger partial charge in [0.15, 0.2) is 0 Å². The minimum absolute atomic E-state index is 0.0183. The Labute approximate surface area is 113 Å². The van der Waals surface area contributed by atoms with Crippen molar-refractivity contribution in [2.45, 2.75) is 44.7 Å². The lowest BCUT2D eigenvalue weighted by atomic mass is 9.91. The van der Waals surface area contributed by atoms with Crippen LogP contribution in [-0.4, -0.2) is 18.0 Å². The lowest BCUT2D eigenvalue weighted by Gasteiger charge is -2.26. The Morgan fingerprint density at radius 3 is 2.61 bits per heavy atom. The number of amides is 1. The molecule has 1 fully saturated rings. The highest BCUT2D eigenvalue weighted by molar-refractivity contribution is 6.31. The maximum Gasteiger partial charge on any atom is 0.251 e. The number of hydrogen-bond acceptors (Lipinski definition) is 2. The minimum atomic E-state index is -0.0183. The quantitative estimate of drug-likeness (QED) is 0.865. The van der Waals surface area contributed by atoms with Crippen LogP contribution in [0.25, 0.3) is 0 Å². The van der Waals surface area contributed by atoms with Crippen molar-refractivity contribution in [1.82, 2.24) is 5.32 Å². The van der Waals surface area contributed by atoms with Gasteiger partial charge in [-0.15, -0.1) is 0 Å². The Bertz CT molecular complexity index is 439. The van der Waals surface area contributed by atoms with E-state index in [1.54, 1.807) is 12.1 Å². The summed E-state index contributed by atoms with van der Waals surface area (Å²) in [7, 11) is 0. The Morgan fingerprint density at radius 1 is 1.33 bits per heavy atom. The zero-order valence-corrected chi connectivity index (χ0v) is 11.3. The fourth-order valence-electron chi connectivity index (χ4n) is 2.32. The number of rotatable bonds is 2. The van der Waals surface area contributed by atoms with Crippen LogP contribution in [0, 0.1) is 6.92 Å². The highest BCUT2D eigenvalue weighted by atomic mass is 35.5. The van der Waals surface area contributed by atoms with Crippen LogP contribution in [0.15, 0.2) is 18.2 Å². The summed E-state index contributed by atoms with van der Waals surface area (Å²) in [5.41, 5.74) is 7.45. The molecular formula is C14H19ClN2O. The average molecular weight is 267 g/mol. The first kappa shape index (κ1) is 13.4. The van der Waals surface area contributed by atoms with E-state index in [9.17, 15) is 4.79 Å². The number of nitrogens with two attached hydrogens (primary N) is 1. The first-order chi connectivity index (χ1) is 8.56. The van der Waals surface area contributed by atoms with Crippen LogP contribution < -0.4 is 11.1 Å². The summed E-state index contributed by atoms with van der Waals surface area (Å²) < 4.78 is 0. The van der Waals surface area contributed by atoms with Crippen molar-refractivity contribution in [3.05, 3.63) is 34.3 Å². The molecule has 0 saturated heterocycles. The molecule has 18 heavy (non-hydrogen) atoms. The molecule has 3 nitrogen and oxygen atoms in total. The molecule has 1 amide bonds. The second-order valence-electron chi connectivity index (χ2n) is 5.05. The Balaban J connectivity index is 1.97. The standard InChI is InChI=1S/C14H19ClN2O/c1-9-8-10(2-7-13(9)15)14(18)17-12-5-3-11(16)4-6-12/h2,7-8,11-12H,3-6,16H2,1H3,(H,17,18). The van der Waals surface area contributed by atoms with Gasteiger partial charge in [0, 0.05) is 22.7 Å². The summed E-state index contributed by atoms with van der Waals surface area (Å²) >= 11 is 5.95. The molecule has 1 aliphatic carbocycles. The fourth-order valence-corrected chi connectivity index (χ4v) is 2.44. The summed E-state index contributed by atoms with van der Waals surface area (Å²) in [6.45, 7) is 1.90. The molecule has 0 heterocycles. The molecule has 1 aromatic rings. The minimum Gasteiger partial charge on any atom is -0.349 e. The lowest BCUT2D eigenvalue weighted by Crippen LogP contribution is -2.40. The molecule has 1 aromatic carbocycles. The molecule has 4 heteroatoms. The first-order valence-corrected chi connectivity index (χ1v) is 6.76. The molecule has 1 aliphatic rings. The second-order valence-corrected chi connectivity index (χ2v) is 5.46. The van der Waals surface area contributed by atoms with E-state index in [0.29, 0.717) is 16.6 Å². The normalized spacial score (nSPS) is 23.7. The van der Waals surface area contributed by atoms with Crippen LogP contribution >= 0.6 is 11.6 Å². The van der Waals surface area contributed by atoms with Gasteiger partial charge in [0.1, 0.15) is 0 Å². The van der Waals surface area contributed by atoms with E-state index >= 15 is 0 Å². The molecule has 0 unspecified atom stereocenters. The van der Waals surface area contributed by atoms with Crippen molar-refractivity contribution < 1.29 is 4.79 Å². The lowest BCUT2D eigenvalue weighted by molar-refractivity contribution is 0.0926. The topological polar surface area (TPSA) is 55.1 Å². The average Bonchev–Trinajstić information content (AvgIpc) is 2.35. The van der Waals surface area contributed by atoms with E-state index in [1.165, 1.54) is 0 Å². The summed E-state index contributed by atoms with van der Waals surface area (Å²) in [4.78, 5) is 12.1. The SMILES string of the molecule is Cc1cc(C(=O)NC2CCC(N)CC2)ccc1Cl. The third-order valence-corrected chi connectivity index (χ3v) is 3.95. The largest absolute Gasteiger partial charge is 0.349 e. The van der Waals surface area contributed by atoms with Gasteiger partial charge in [-0.25, -0.2) is 0 Å². The van der Waals surface area contributed by atoms with E-state index in [1.807, 2.05) is 13.0 Å². The van der Waals surface area contributed by atoms with E-state index in [-0.39, 0.29) is 11.9 Å².